The van der Waals surface area contributed by atoms with Crippen LogP contribution in [0.4, 0.5) is 0 Å². The number of fused-ring (bicyclic) bond motifs is 3. The van der Waals surface area contributed by atoms with Gasteiger partial charge in [0.1, 0.15) is 24.4 Å². The fourth-order valence-electron chi connectivity index (χ4n) is 9.78. The molecule has 0 aromatic carbocycles. The second kappa shape index (κ2) is 22.0. The van der Waals surface area contributed by atoms with E-state index in [9.17, 15) is 29.5 Å². The number of piperidine rings is 1. The molecule has 0 aromatic heterocycles. The number of aliphatic hydroxyl groups excluding tert-OH is 2. The maximum Gasteiger partial charge on any atom is 0.329 e. The van der Waals surface area contributed by atoms with E-state index in [0.29, 0.717) is 69.8 Å². The first kappa shape index (κ1) is 46.9. The Kier molecular flexibility index (Phi) is 18.1. The van der Waals surface area contributed by atoms with Crippen molar-refractivity contribution in [3.63, 3.8) is 0 Å². The van der Waals surface area contributed by atoms with E-state index in [1.807, 2.05) is 19.9 Å². The van der Waals surface area contributed by atoms with Crippen LogP contribution in [0.2, 0.25) is 0 Å². The highest BCUT2D eigenvalue weighted by Gasteiger charge is 2.48. The molecular formula is C44H70N2O11. The minimum absolute atomic E-state index is 0.0174. The highest BCUT2D eigenvalue weighted by Crippen LogP contribution is 2.37. The minimum Gasteiger partial charge on any atom is -0.456 e. The Morgan fingerprint density at radius 1 is 0.877 bits per heavy atom. The number of carbonyl (C=O) groups is 3. The van der Waals surface area contributed by atoms with Gasteiger partial charge in [-0.15, -0.1) is 11.5 Å². The van der Waals surface area contributed by atoms with Gasteiger partial charge in [0.25, 0.3) is 5.91 Å². The summed E-state index contributed by atoms with van der Waals surface area (Å²) < 4.78 is 30.3. The number of methoxy groups -OCH3 is 3. The first-order valence-corrected chi connectivity index (χ1v) is 21.2. The Hall–Kier alpha value is -2.81. The molecule has 13 heteroatoms. The third-order valence-corrected chi connectivity index (χ3v) is 13.0. The van der Waals surface area contributed by atoms with Crippen molar-refractivity contribution >= 4 is 17.7 Å². The van der Waals surface area contributed by atoms with E-state index in [1.165, 1.54) is 4.90 Å². The predicted octanol–water partition coefficient (Wildman–Crippen LogP) is 6.23. The Bertz CT molecular complexity index is 1450. The van der Waals surface area contributed by atoms with E-state index in [0.717, 1.165) is 12.0 Å². The van der Waals surface area contributed by atoms with Crippen LogP contribution >= 0.6 is 0 Å². The molecule has 14 atom stereocenters. The summed E-state index contributed by atoms with van der Waals surface area (Å²) in [5.74, 6) is -2.87. The summed E-state index contributed by atoms with van der Waals surface area (Å²) in [5, 5.41) is 25.7. The first-order valence-electron chi connectivity index (χ1n) is 21.2. The standard InChI is InChI=1S/C44H70N2O11/c1-10-13-31-19-25(2)18-26(3)20-37(54-8)42-38(55-9)22-28(5)41(56-42)39(49)43(50)46-17-12-11-14-33(46)44(51)57-40(29(6)35(48)24-32(31)45-52)27(4)21-30-15-16-34(47)36(23-30)53-7/h10,21,25-26,28-30,33-38,40-42,47-48H,1,11-20,22-24H2,2-9H3/b27-21?,32-31+. The molecule has 322 valence electrons. The number of amides is 1. The van der Waals surface area contributed by atoms with Gasteiger partial charge in [0.15, 0.2) is 0 Å². The van der Waals surface area contributed by atoms with Gasteiger partial charge >= 0.3 is 5.97 Å². The molecule has 0 aromatic rings. The number of nitroso groups, excluding NO2 is 1. The fourth-order valence-corrected chi connectivity index (χ4v) is 9.78. The summed E-state index contributed by atoms with van der Waals surface area (Å²) in [5.41, 5.74) is 1.75. The molecule has 3 aliphatic heterocycles. The van der Waals surface area contributed by atoms with E-state index in [1.54, 1.807) is 34.3 Å². The zero-order valence-electron chi connectivity index (χ0n) is 35.6. The van der Waals surface area contributed by atoms with E-state index in [2.05, 4.69) is 25.6 Å². The van der Waals surface area contributed by atoms with Crippen molar-refractivity contribution in [2.45, 2.75) is 167 Å². The van der Waals surface area contributed by atoms with Crippen LogP contribution in [0.5, 0.6) is 0 Å². The van der Waals surface area contributed by atoms with E-state index in [4.69, 9.17) is 23.7 Å². The first-order chi connectivity index (χ1) is 27.2. The molecule has 0 spiro atoms. The summed E-state index contributed by atoms with van der Waals surface area (Å²) in [4.78, 5) is 56.6. The average Bonchev–Trinajstić information content (AvgIpc) is 3.20. The van der Waals surface area contributed by atoms with Crippen molar-refractivity contribution in [3.05, 3.63) is 40.5 Å². The smallest absolute Gasteiger partial charge is 0.329 e. The lowest BCUT2D eigenvalue weighted by atomic mass is 9.82. The quantitative estimate of drug-likeness (QED) is 0.123. The Balaban J connectivity index is 1.77. The number of ketones is 1. The molecule has 4 rings (SSSR count). The zero-order valence-corrected chi connectivity index (χ0v) is 35.6. The Morgan fingerprint density at radius 2 is 1.56 bits per heavy atom. The number of hydrogen-bond acceptors (Lipinski definition) is 12. The summed E-state index contributed by atoms with van der Waals surface area (Å²) in [6.07, 6.45) is 4.56. The van der Waals surface area contributed by atoms with Gasteiger partial charge in [0.05, 0.1) is 36.2 Å². The second-order valence-corrected chi connectivity index (χ2v) is 17.5. The highest BCUT2D eigenvalue weighted by atomic mass is 16.6. The topological polar surface area (TPSA) is 170 Å². The van der Waals surface area contributed by atoms with Gasteiger partial charge < -0.3 is 38.8 Å². The molecule has 4 aliphatic rings. The van der Waals surface area contributed by atoms with Crippen LogP contribution in [0.3, 0.4) is 0 Å². The van der Waals surface area contributed by atoms with Gasteiger partial charge in [0, 0.05) is 40.2 Å². The maximum absolute atomic E-state index is 14.3. The number of aliphatic hydroxyl groups is 2. The minimum atomic E-state index is -1.12. The molecule has 2 N–H and O–H groups in total. The summed E-state index contributed by atoms with van der Waals surface area (Å²) >= 11 is 0. The van der Waals surface area contributed by atoms with Gasteiger partial charge in [-0.3, -0.25) is 9.59 Å². The summed E-state index contributed by atoms with van der Waals surface area (Å²) in [7, 11) is 4.80. The van der Waals surface area contributed by atoms with Crippen LogP contribution in [0.15, 0.2) is 40.8 Å². The Labute approximate surface area is 339 Å². The maximum atomic E-state index is 14.3. The molecule has 1 saturated carbocycles. The Morgan fingerprint density at radius 3 is 2.21 bits per heavy atom. The zero-order chi connectivity index (χ0) is 42.0. The molecule has 14 unspecified atom stereocenters. The van der Waals surface area contributed by atoms with Crippen LogP contribution in [-0.4, -0.2) is 116 Å². The lowest BCUT2D eigenvalue weighted by Gasteiger charge is -2.43. The average molecular weight is 803 g/mol. The van der Waals surface area contributed by atoms with Gasteiger partial charge in [-0.05, 0) is 118 Å². The van der Waals surface area contributed by atoms with Crippen LogP contribution in [-0.2, 0) is 38.1 Å². The molecule has 1 amide bonds. The molecular weight excluding hydrogens is 732 g/mol. The van der Waals surface area contributed by atoms with Crippen molar-refractivity contribution in [1.82, 2.24) is 4.90 Å². The molecule has 1 aliphatic carbocycles. The van der Waals surface area contributed by atoms with Gasteiger partial charge in [-0.2, -0.15) is 0 Å². The number of allylic oxidation sites excluding steroid dienone is 3. The molecule has 2 saturated heterocycles. The third kappa shape index (κ3) is 11.9. The number of ether oxygens (including phenoxy) is 5. The molecule has 3 fully saturated rings. The molecule has 13 nitrogen and oxygen atoms in total. The highest BCUT2D eigenvalue weighted by molar-refractivity contribution is 6.38. The largest absolute Gasteiger partial charge is 0.456 e. The van der Waals surface area contributed by atoms with Crippen LogP contribution in [0.1, 0.15) is 112 Å². The van der Waals surface area contributed by atoms with Crippen molar-refractivity contribution in [2.24, 2.45) is 34.8 Å². The second-order valence-electron chi connectivity index (χ2n) is 17.5. The van der Waals surface area contributed by atoms with Gasteiger partial charge in [0.2, 0.25) is 5.78 Å². The fraction of sp³-hybridized carbons (Fsp3) is 0.795. The molecule has 2 bridgehead atoms. The summed E-state index contributed by atoms with van der Waals surface area (Å²) in [6.45, 7) is 13.9. The lowest BCUT2D eigenvalue weighted by molar-refractivity contribution is -0.199. The normalized spacial score (nSPS) is 40.1. The number of hydrogen-bond donors (Lipinski definition) is 2. The van der Waals surface area contributed by atoms with Crippen molar-refractivity contribution in [3.8, 4) is 0 Å². The number of esters is 1. The number of Topliss-reactive ketones (excluding diaryl/α,β-unsaturated/α-hetero) is 1. The number of nitrogens with zero attached hydrogens (tertiary/aromatic N) is 2. The van der Waals surface area contributed by atoms with E-state index >= 15 is 0 Å². The molecule has 3 heterocycles. The van der Waals surface area contributed by atoms with Gasteiger partial charge in [-0.1, -0.05) is 39.8 Å². The van der Waals surface area contributed by atoms with Gasteiger partial charge in [-0.25, -0.2) is 4.79 Å². The van der Waals surface area contributed by atoms with Crippen LogP contribution < -0.4 is 0 Å². The SMILES string of the molecule is C=CC/C1=C(\N=O)CC(O)C(C)C(C(C)=CC2CCC(O)C(OC)C2)OC(=O)C2CCCCN2C(=O)C(=O)C2OC(C(OC)CC(C)CC(C)C1)C(OC)CC2C. The monoisotopic (exact) mass is 802 g/mol. The van der Waals surface area contributed by atoms with E-state index in [-0.39, 0.29) is 54.5 Å². The van der Waals surface area contributed by atoms with Crippen molar-refractivity contribution in [1.29, 1.82) is 0 Å². The van der Waals surface area contributed by atoms with E-state index < -0.39 is 66.2 Å². The van der Waals surface area contributed by atoms with Crippen molar-refractivity contribution < 1.29 is 48.3 Å². The number of cyclic esters (lactones) is 1. The molecule has 0 radical (unpaired) electrons. The van der Waals surface area contributed by atoms with Crippen LogP contribution in [0.25, 0.3) is 0 Å². The molecule has 57 heavy (non-hydrogen) atoms. The number of carbonyl (C=O) groups excluding carboxylic acids is 3. The summed E-state index contributed by atoms with van der Waals surface area (Å²) in [6, 6.07) is -1.02. The third-order valence-electron chi connectivity index (χ3n) is 13.0. The lowest BCUT2D eigenvalue weighted by Crippen LogP contribution is -2.58. The van der Waals surface area contributed by atoms with Crippen molar-refractivity contribution in [2.75, 3.05) is 27.9 Å². The van der Waals surface area contributed by atoms with Crippen LogP contribution in [0, 0.1) is 34.5 Å². The predicted molar refractivity (Wildman–Crippen MR) is 216 cm³/mol. The number of rotatable bonds is 8.